The number of carbonyl (C=O) groups excluding carboxylic acids is 1. The van der Waals surface area contributed by atoms with E-state index < -0.39 is 17.4 Å². The molecule has 0 fully saturated rings. The number of amides is 1. The average molecular weight is 258 g/mol. The van der Waals surface area contributed by atoms with Crippen molar-refractivity contribution in [2.24, 2.45) is 17.1 Å². The molecule has 0 aromatic rings. The molecule has 5 nitrogen and oxygen atoms in total. The van der Waals surface area contributed by atoms with Crippen LogP contribution in [0.5, 0.6) is 0 Å². The Labute approximate surface area is 109 Å². The summed E-state index contributed by atoms with van der Waals surface area (Å²) in [7, 11) is 0. The summed E-state index contributed by atoms with van der Waals surface area (Å²) in [5, 5.41) is 11.9. The minimum absolute atomic E-state index is 0.0903. The Balaban J connectivity index is 4.54. The zero-order valence-corrected chi connectivity index (χ0v) is 11.8. The monoisotopic (exact) mass is 258 g/mol. The normalized spacial score (nSPS) is 14.9. The molecule has 18 heavy (non-hydrogen) atoms. The predicted octanol–water partition coefficient (Wildman–Crippen LogP) is 1.37. The standard InChI is InChI=1S/C13H26N2O3/c1-5-9(4)10(14)11(16)15-8-13(6-2,7-3)12(17)18/h9-10H,5-8,14H2,1-4H3,(H,15,16)(H,17,18)/t9?,10-/m0/s1. The zero-order chi connectivity index (χ0) is 14.3. The van der Waals surface area contributed by atoms with Gasteiger partial charge in [0.25, 0.3) is 0 Å². The molecule has 0 aromatic heterocycles. The van der Waals surface area contributed by atoms with Crippen molar-refractivity contribution < 1.29 is 14.7 Å². The van der Waals surface area contributed by atoms with E-state index in [1.54, 1.807) is 0 Å². The fourth-order valence-corrected chi connectivity index (χ4v) is 1.76. The predicted molar refractivity (Wildman–Crippen MR) is 71.1 cm³/mol. The number of carboxylic acids is 1. The number of hydrogen-bond acceptors (Lipinski definition) is 3. The van der Waals surface area contributed by atoms with E-state index in [2.05, 4.69) is 5.32 Å². The van der Waals surface area contributed by atoms with Gasteiger partial charge in [0, 0.05) is 6.54 Å². The molecule has 0 radical (unpaired) electrons. The molecule has 0 bridgehead atoms. The highest BCUT2D eigenvalue weighted by Gasteiger charge is 2.35. The molecule has 0 saturated heterocycles. The number of aliphatic carboxylic acids is 1. The SMILES string of the molecule is CCC(C)[C@H](N)C(=O)NCC(CC)(CC)C(=O)O. The number of nitrogens with one attached hydrogen (secondary N) is 1. The Morgan fingerprint density at radius 3 is 2.11 bits per heavy atom. The van der Waals surface area contributed by atoms with Crippen LogP contribution in [0.3, 0.4) is 0 Å². The first kappa shape index (κ1) is 16.9. The molecule has 5 heteroatoms. The Morgan fingerprint density at radius 1 is 1.28 bits per heavy atom. The quantitative estimate of drug-likeness (QED) is 0.613. The van der Waals surface area contributed by atoms with Crippen LogP contribution in [-0.4, -0.2) is 29.6 Å². The van der Waals surface area contributed by atoms with Crippen molar-refractivity contribution in [2.75, 3.05) is 6.54 Å². The van der Waals surface area contributed by atoms with Crippen LogP contribution in [0, 0.1) is 11.3 Å². The maximum absolute atomic E-state index is 11.8. The summed E-state index contributed by atoms with van der Waals surface area (Å²) in [6.07, 6.45) is 1.79. The van der Waals surface area contributed by atoms with Gasteiger partial charge < -0.3 is 16.2 Å². The second-order valence-corrected chi connectivity index (χ2v) is 4.92. The van der Waals surface area contributed by atoms with Crippen molar-refractivity contribution in [3.05, 3.63) is 0 Å². The van der Waals surface area contributed by atoms with E-state index in [1.807, 2.05) is 27.7 Å². The van der Waals surface area contributed by atoms with Crippen molar-refractivity contribution in [3.63, 3.8) is 0 Å². The van der Waals surface area contributed by atoms with Gasteiger partial charge in [0.05, 0.1) is 11.5 Å². The summed E-state index contributed by atoms with van der Waals surface area (Å²) in [6, 6.07) is -0.574. The summed E-state index contributed by atoms with van der Waals surface area (Å²) in [5.74, 6) is -1.05. The molecule has 0 saturated carbocycles. The molecule has 2 atom stereocenters. The highest BCUT2D eigenvalue weighted by molar-refractivity contribution is 5.83. The molecule has 0 aliphatic heterocycles. The smallest absolute Gasteiger partial charge is 0.311 e. The number of carbonyl (C=O) groups is 2. The van der Waals surface area contributed by atoms with Gasteiger partial charge in [-0.25, -0.2) is 0 Å². The maximum atomic E-state index is 11.8. The number of nitrogens with two attached hydrogens (primary N) is 1. The number of rotatable bonds is 8. The highest BCUT2D eigenvalue weighted by atomic mass is 16.4. The van der Waals surface area contributed by atoms with Crippen LogP contribution in [0.15, 0.2) is 0 Å². The van der Waals surface area contributed by atoms with Crippen LogP contribution in [0.25, 0.3) is 0 Å². The summed E-state index contributed by atoms with van der Waals surface area (Å²) >= 11 is 0. The molecular formula is C13H26N2O3. The zero-order valence-electron chi connectivity index (χ0n) is 11.8. The molecular weight excluding hydrogens is 232 g/mol. The molecule has 0 aliphatic rings. The van der Waals surface area contributed by atoms with Gasteiger partial charge in [-0.1, -0.05) is 34.1 Å². The van der Waals surface area contributed by atoms with E-state index in [4.69, 9.17) is 5.73 Å². The van der Waals surface area contributed by atoms with Gasteiger partial charge in [0.15, 0.2) is 0 Å². The van der Waals surface area contributed by atoms with Crippen LogP contribution in [0.1, 0.15) is 47.0 Å². The fourth-order valence-electron chi connectivity index (χ4n) is 1.76. The maximum Gasteiger partial charge on any atom is 0.311 e. The molecule has 4 N–H and O–H groups in total. The molecule has 1 unspecified atom stereocenters. The lowest BCUT2D eigenvalue weighted by Gasteiger charge is -2.28. The van der Waals surface area contributed by atoms with Crippen LogP contribution >= 0.6 is 0 Å². The van der Waals surface area contributed by atoms with Gasteiger partial charge in [0.1, 0.15) is 0 Å². The van der Waals surface area contributed by atoms with Gasteiger partial charge in [-0.2, -0.15) is 0 Å². The van der Waals surface area contributed by atoms with Crippen LogP contribution < -0.4 is 11.1 Å². The van der Waals surface area contributed by atoms with Gasteiger partial charge in [-0.15, -0.1) is 0 Å². The van der Waals surface area contributed by atoms with Gasteiger partial charge >= 0.3 is 5.97 Å². The first-order valence-corrected chi connectivity index (χ1v) is 6.61. The van der Waals surface area contributed by atoms with E-state index in [1.165, 1.54) is 0 Å². The summed E-state index contributed by atoms with van der Waals surface area (Å²) in [6.45, 7) is 7.65. The molecule has 106 valence electrons. The fraction of sp³-hybridized carbons (Fsp3) is 0.846. The third-order valence-corrected chi connectivity index (χ3v) is 3.97. The van der Waals surface area contributed by atoms with Gasteiger partial charge in [-0.3, -0.25) is 9.59 Å². The Kier molecular flexibility index (Phi) is 6.91. The second-order valence-electron chi connectivity index (χ2n) is 4.92. The largest absolute Gasteiger partial charge is 0.481 e. The topological polar surface area (TPSA) is 92.4 Å². The van der Waals surface area contributed by atoms with E-state index in [0.29, 0.717) is 12.8 Å². The average Bonchev–Trinajstić information content (AvgIpc) is 2.37. The highest BCUT2D eigenvalue weighted by Crippen LogP contribution is 2.25. The van der Waals surface area contributed by atoms with Crippen molar-refractivity contribution >= 4 is 11.9 Å². The van der Waals surface area contributed by atoms with E-state index in [9.17, 15) is 14.7 Å². The van der Waals surface area contributed by atoms with Crippen LogP contribution in [0.4, 0.5) is 0 Å². The summed E-state index contributed by atoms with van der Waals surface area (Å²) in [4.78, 5) is 23.1. The Bertz CT molecular complexity index is 288. The first-order chi connectivity index (χ1) is 8.34. The van der Waals surface area contributed by atoms with E-state index in [0.717, 1.165) is 6.42 Å². The molecule has 0 aliphatic carbocycles. The number of carboxylic acid groups (broad SMARTS) is 1. The molecule has 0 aromatic carbocycles. The van der Waals surface area contributed by atoms with E-state index >= 15 is 0 Å². The lowest BCUT2D eigenvalue weighted by atomic mass is 9.82. The summed E-state index contributed by atoms with van der Waals surface area (Å²) < 4.78 is 0. The van der Waals surface area contributed by atoms with Crippen molar-refractivity contribution in [2.45, 2.75) is 53.0 Å². The molecule has 0 rings (SSSR count). The minimum atomic E-state index is -0.884. The Morgan fingerprint density at radius 2 is 1.78 bits per heavy atom. The molecule has 1 amide bonds. The summed E-state index contributed by atoms with van der Waals surface area (Å²) in [5.41, 5.74) is 4.92. The van der Waals surface area contributed by atoms with Crippen LogP contribution in [0.2, 0.25) is 0 Å². The third-order valence-electron chi connectivity index (χ3n) is 3.97. The third kappa shape index (κ3) is 3.98. The van der Waals surface area contributed by atoms with Crippen molar-refractivity contribution in [3.8, 4) is 0 Å². The van der Waals surface area contributed by atoms with Crippen LogP contribution in [-0.2, 0) is 9.59 Å². The number of hydrogen-bond donors (Lipinski definition) is 3. The lowest BCUT2D eigenvalue weighted by Crippen LogP contribution is -2.49. The Hall–Kier alpha value is -1.10. The van der Waals surface area contributed by atoms with Gasteiger partial charge in [-0.05, 0) is 18.8 Å². The van der Waals surface area contributed by atoms with Crippen molar-refractivity contribution in [1.82, 2.24) is 5.32 Å². The second kappa shape index (κ2) is 7.36. The minimum Gasteiger partial charge on any atom is -0.481 e. The first-order valence-electron chi connectivity index (χ1n) is 6.61. The lowest BCUT2D eigenvalue weighted by molar-refractivity contribution is -0.149. The van der Waals surface area contributed by atoms with E-state index in [-0.39, 0.29) is 18.4 Å². The van der Waals surface area contributed by atoms with Crippen molar-refractivity contribution in [1.29, 1.82) is 0 Å². The molecule has 0 spiro atoms. The van der Waals surface area contributed by atoms with Gasteiger partial charge in [0.2, 0.25) is 5.91 Å². The molecule has 0 heterocycles.